The van der Waals surface area contributed by atoms with Gasteiger partial charge in [-0.1, -0.05) is 23.7 Å². The Morgan fingerprint density at radius 3 is 2.89 bits per heavy atom. The lowest BCUT2D eigenvalue weighted by molar-refractivity contribution is 0.572. The van der Waals surface area contributed by atoms with Gasteiger partial charge in [-0.2, -0.15) is 0 Å². The lowest BCUT2D eigenvalue weighted by Crippen LogP contribution is -2.18. The van der Waals surface area contributed by atoms with Crippen LogP contribution in [0.1, 0.15) is 29.7 Å². The molecule has 0 aliphatic heterocycles. The molecule has 0 aliphatic carbocycles. The molecule has 0 amide bonds. The fraction of sp³-hybridized carbons (Fsp3) is 0.267. The summed E-state index contributed by atoms with van der Waals surface area (Å²) in [6, 6.07) is 10.2. The number of rotatable bonds is 4. The second-order valence-electron chi connectivity index (χ2n) is 4.46. The Balaban J connectivity index is 2.00. The Kier molecular flexibility index (Phi) is 4.34. The predicted molar refractivity (Wildman–Crippen MR) is 75.7 cm³/mol. The van der Waals surface area contributed by atoms with Crippen molar-refractivity contribution < 1.29 is 0 Å². The number of benzene rings is 1. The van der Waals surface area contributed by atoms with E-state index in [1.807, 2.05) is 36.7 Å². The molecule has 18 heavy (non-hydrogen) atoms. The van der Waals surface area contributed by atoms with E-state index in [4.69, 9.17) is 11.6 Å². The van der Waals surface area contributed by atoms with Crippen molar-refractivity contribution in [3.05, 3.63) is 64.4 Å². The van der Waals surface area contributed by atoms with Gasteiger partial charge in [0, 0.05) is 30.0 Å². The molecule has 1 aromatic heterocycles. The molecule has 0 saturated carbocycles. The van der Waals surface area contributed by atoms with Crippen molar-refractivity contribution in [1.82, 2.24) is 10.3 Å². The highest BCUT2D eigenvalue weighted by Crippen LogP contribution is 2.18. The Bertz CT molecular complexity index is 525. The molecule has 0 bridgehead atoms. The van der Waals surface area contributed by atoms with Crippen molar-refractivity contribution in [2.24, 2.45) is 0 Å². The van der Waals surface area contributed by atoms with Gasteiger partial charge in [0.1, 0.15) is 0 Å². The van der Waals surface area contributed by atoms with Gasteiger partial charge >= 0.3 is 0 Å². The monoisotopic (exact) mass is 260 g/mol. The smallest absolute Gasteiger partial charge is 0.0409 e. The van der Waals surface area contributed by atoms with Crippen LogP contribution < -0.4 is 5.32 Å². The average Bonchev–Trinajstić information content (AvgIpc) is 2.37. The van der Waals surface area contributed by atoms with Gasteiger partial charge in [-0.05, 0) is 48.7 Å². The maximum Gasteiger partial charge on any atom is 0.0409 e. The third-order valence-corrected chi connectivity index (χ3v) is 3.33. The van der Waals surface area contributed by atoms with Crippen LogP contribution in [-0.4, -0.2) is 4.98 Å². The molecule has 1 N–H and O–H groups in total. The average molecular weight is 261 g/mol. The summed E-state index contributed by atoms with van der Waals surface area (Å²) in [4.78, 5) is 4.15. The quantitative estimate of drug-likeness (QED) is 0.902. The first-order valence-corrected chi connectivity index (χ1v) is 6.43. The van der Waals surface area contributed by atoms with E-state index in [1.165, 1.54) is 16.7 Å². The fourth-order valence-electron chi connectivity index (χ4n) is 1.84. The van der Waals surface area contributed by atoms with Crippen LogP contribution in [0.15, 0.2) is 42.7 Å². The molecule has 1 aromatic carbocycles. The van der Waals surface area contributed by atoms with E-state index in [-0.39, 0.29) is 6.04 Å². The minimum Gasteiger partial charge on any atom is -0.306 e. The summed E-state index contributed by atoms with van der Waals surface area (Å²) in [5, 5.41) is 4.26. The van der Waals surface area contributed by atoms with Gasteiger partial charge in [0.25, 0.3) is 0 Å². The number of aryl methyl sites for hydroxylation is 1. The summed E-state index contributed by atoms with van der Waals surface area (Å²) < 4.78 is 0. The van der Waals surface area contributed by atoms with Crippen LogP contribution in [0.3, 0.4) is 0 Å². The van der Waals surface area contributed by atoms with Crippen LogP contribution in [-0.2, 0) is 6.54 Å². The van der Waals surface area contributed by atoms with E-state index < -0.39 is 0 Å². The Labute approximate surface area is 113 Å². The molecule has 0 radical (unpaired) electrons. The van der Waals surface area contributed by atoms with Gasteiger partial charge in [-0.3, -0.25) is 4.98 Å². The highest BCUT2D eigenvalue weighted by Gasteiger charge is 2.06. The Hall–Kier alpha value is -1.38. The molecule has 0 fully saturated rings. The van der Waals surface area contributed by atoms with Crippen LogP contribution in [0.2, 0.25) is 5.02 Å². The zero-order chi connectivity index (χ0) is 13.0. The third-order valence-electron chi connectivity index (χ3n) is 3.09. The molecule has 1 atom stereocenters. The lowest BCUT2D eigenvalue weighted by Gasteiger charge is -2.15. The molecule has 0 aliphatic rings. The van der Waals surface area contributed by atoms with Gasteiger partial charge in [0.05, 0.1) is 0 Å². The number of halogens is 1. The van der Waals surface area contributed by atoms with Crippen molar-refractivity contribution in [2.75, 3.05) is 0 Å². The van der Waals surface area contributed by atoms with Gasteiger partial charge in [0.15, 0.2) is 0 Å². The van der Waals surface area contributed by atoms with Crippen LogP contribution in [0.25, 0.3) is 0 Å². The Morgan fingerprint density at radius 1 is 1.33 bits per heavy atom. The van der Waals surface area contributed by atoms with Gasteiger partial charge < -0.3 is 5.32 Å². The van der Waals surface area contributed by atoms with Crippen LogP contribution in [0.5, 0.6) is 0 Å². The standard InChI is InChI=1S/C15H17ClN2/c1-11-6-7-17-9-14(11)10-18-12(2)13-4-3-5-15(16)8-13/h3-9,12,18H,10H2,1-2H3. The number of nitrogens with one attached hydrogen (secondary N) is 1. The summed E-state index contributed by atoms with van der Waals surface area (Å²) in [6.45, 7) is 5.05. The van der Waals surface area contributed by atoms with Gasteiger partial charge in [0.2, 0.25) is 0 Å². The number of hydrogen-bond acceptors (Lipinski definition) is 2. The molecule has 2 aromatic rings. The summed E-state index contributed by atoms with van der Waals surface area (Å²) >= 11 is 5.99. The SMILES string of the molecule is Cc1ccncc1CNC(C)c1cccc(Cl)c1. The normalized spacial score (nSPS) is 12.4. The van der Waals surface area contributed by atoms with Crippen molar-refractivity contribution in [1.29, 1.82) is 0 Å². The van der Waals surface area contributed by atoms with Crippen molar-refractivity contribution in [3.63, 3.8) is 0 Å². The molecule has 0 saturated heterocycles. The second-order valence-corrected chi connectivity index (χ2v) is 4.90. The molecular formula is C15H17ClN2. The van der Waals surface area contributed by atoms with Crippen LogP contribution in [0.4, 0.5) is 0 Å². The van der Waals surface area contributed by atoms with E-state index in [0.717, 1.165) is 11.6 Å². The topological polar surface area (TPSA) is 24.9 Å². The molecule has 1 heterocycles. The van der Waals surface area contributed by atoms with Gasteiger partial charge in [-0.15, -0.1) is 0 Å². The van der Waals surface area contributed by atoms with E-state index in [2.05, 4.69) is 30.2 Å². The number of nitrogens with zero attached hydrogens (tertiary/aromatic N) is 1. The summed E-state index contributed by atoms with van der Waals surface area (Å²) in [7, 11) is 0. The number of aromatic nitrogens is 1. The van der Waals surface area contributed by atoms with E-state index in [9.17, 15) is 0 Å². The summed E-state index contributed by atoms with van der Waals surface area (Å²) in [6.07, 6.45) is 3.73. The minimum absolute atomic E-state index is 0.267. The van der Waals surface area contributed by atoms with Crippen molar-refractivity contribution in [2.45, 2.75) is 26.4 Å². The molecule has 2 rings (SSSR count). The second kappa shape index (κ2) is 5.98. The Morgan fingerprint density at radius 2 is 2.17 bits per heavy atom. The van der Waals surface area contributed by atoms with Crippen molar-refractivity contribution >= 4 is 11.6 Å². The molecule has 3 heteroatoms. The molecule has 0 spiro atoms. The zero-order valence-corrected chi connectivity index (χ0v) is 11.4. The van der Waals surface area contributed by atoms with Crippen LogP contribution in [0, 0.1) is 6.92 Å². The third kappa shape index (κ3) is 3.31. The number of hydrogen-bond donors (Lipinski definition) is 1. The highest BCUT2D eigenvalue weighted by molar-refractivity contribution is 6.30. The van der Waals surface area contributed by atoms with Crippen LogP contribution >= 0.6 is 11.6 Å². The first-order chi connectivity index (χ1) is 8.66. The number of pyridine rings is 1. The van der Waals surface area contributed by atoms with E-state index in [0.29, 0.717) is 0 Å². The maximum atomic E-state index is 5.99. The first kappa shape index (κ1) is 13.1. The van der Waals surface area contributed by atoms with E-state index in [1.54, 1.807) is 0 Å². The van der Waals surface area contributed by atoms with E-state index >= 15 is 0 Å². The van der Waals surface area contributed by atoms with Gasteiger partial charge in [-0.25, -0.2) is 0 Å². The predicted octanol–water partition coefficient (Wildman–Crippen LogP) is 3.89. The lowest BCUT2D eigenvalue weighted by atomic mass is 10.1. The first-order valence-electron chi connectivity index (χ1n) is 6.05. The molecule has 94 valence electrons. The van der Waals surface area contributed by atoms with Crippen molar-refractivity contribution in [3.8, 4) is 0 Å². The fourth-order valence-corrected chi connectivity index (χ4v) is 2.04. The maximum absolute atomic E-state index is 5.99. The molecular weight excluding hydrogens is 244 g/mol. The minimum atomic E-state index is 0.267. The molecule has 1 unspecified atom stereocenters. The highest BCUT2D eigenvalue weighted by atomic mass is 35.5. The zero-order valence-electron chi connectivity index (χ0n) is 10.7. The summed E-state index contributed by atoms with van der Waals surface area (Å²) in [5.41, 5.74) is 3.69. The summed E-state index contributed by atoms with van der Waals surface area (Å²) in [5.74, 6) is 0. The molecule has 2 nitrogen and oxygen atoms in total. The largest absolute Gasteiger partial charge is 0.306 e.